The van der Waals surface area contributed by atoms with Crippen molar-refractivity contribution in [2.45, 2.75) is 79.2 Å². The van der Waals surface area contributed by atoms with E-state index in [1.807, 2.05) is 0 Å². The van der Waals surface area contributed by atoms with Crippen molar-refractivity contribution < 1.29 is 14.3 Å². The zero-order valence-electron chi connectivity index (χ0n) is 16.4. The molecule has 0 saturated carbocycles. The Bertz CT molecular complexity index is 617. The summed E-state index contributed by atoms with van der Waals surface area (Å²) >= 11 is 0. The molecule has 2 aliphatic rings. The van der Waals surface area contributed by atoms with Crippen LogP contribution in [0.2, 0.25) is 0 Å². The number of allylic oxidation sites excluding steroid dienone is 4. The highest BCUT2D eigenvalue weighted by Crippen LogP contribution is 2.43. The standard InChI is InChI=1S/C22H32O3/c1-14(2)8-6-10-16(4)18-13-12-15(3)9-7-11-19-20(18)21(24)22(19)25-17(5)23/h8-9,16,18,22H,6-7,10-13H2,1-5H3/b15-9+/t16-,18+,22+/m0/s1. The highest BCUT2D eigenvalue weighted by atomic mass is 16.5. The molecule has 3 atom stereocenters. The zero-order valence-corrected chi connectivity index (χ0v) is 16.4. The highest BCUT2D eigenvalue weighted by molar-refractivity contribution is 6.10. The number of ether oxygens (including phenoxy) is 1. The minimum absolute atomic E-state index is 0.0452. The second kappa shape index (κ2) is 8.64. The first-order valence-corrected chi connectivity index (χ1v) is 9.54. The lowest BCUT2D eigenvalue weighted by Crippen LogP contribution is -2.43. The van der Waals surface area contributed by atoms with E-state index in [4.69, 9.17) is 4.74 Å². The Morgan fingerprint density at radius 2 is 2.04 bits per heavy atom. The molecule has 3 heteroatoms. The topological polar surface area (TPSA) is 43.4 Å². The van der Waals surface area contributed by atoms with Gasteiger partial charge in [0, 0.05) is 12.5 Å². The normalized spacial score (nSPS) is 26.9. The van der Waals surface area contributed by atoms with Gasteiger partial charge in [-0.3, -0.25) is 9.59 Å². The highest BCUT2D eigenvalue weighted by Gasteiger charge is 2.45. The quantitative estimate of drug-likeness (QED) is 0.501. The average Bonchev–Trinajstić information content (AvgIpc) is 2.60. The third-order valence-electron chi connectivity index (χ3n) is 5.44. The summed E-state index contributed by atoms with van der Waals surface area (Å²) in [6.45, 7) is 10.1. The minimum Gasteiger partial charge on any atom is -0.450 e. The molecular weight excluding hydrogens is 312 g/mol. The molecule has 0 unspecified atom stereocenters. The van der Waals surface area contributed by atoms with Crippen LogP contribution in [-0.4, -0.2) is 17.9 Å². The van der Waals surface area contributed by atoms with E-state index in [2.05, 4.69) is 39.8 Å². The van der Waals surface area contributed by atoms with Crippen molar-refractivity contribution in [3.8, 4) is 0 Å². The van der Waals surface area contributed by atoms with E-state index in [0.29, 0.717) is 5.92 Å². The molecule has 0 bridgehead atoms. The van der Waals surface area contributed by atoms with Crippen molar-refractivity contribution in [1.29, 1.82) is 0 Å². The molecule has 2 rings (SSSR count). The SMILES string of the molecule is CC(=O)O[C@H]1C(=O)C2=C1CC/C=C(\C)CC[C@@H]2[C@@H](C)CCC=C(C)C. The van der Waals surface area contributed by atoms with Gasteiger partial charge in [-0.25, -0.2) is 0 Å². The van der Waals surface area contributed by atoms with Gasteiger partial charge in [-0.05, 0) is 76.7 Å². The van der Waals surface area contributed by atoms with Gasteiger partial charge in [0.05, 0.1) is 0 Å². The lowest BCUT2D eigenvalue weighted by Gasteiger charge is -2.37. The van der Waals surface area contributed by atoms with Crippen LogP contribution in [0.25, 0.3) is 0 Å². The number of hydrogen-bond acceptors (Lipinski definition) is 3. The van der Waals surface area contributed by atoms with Crippen LogP contribution in [0.4, 0.5) is 0 Å². The van der Waals surface area contributed by atoms with E-state index < -0.39 is 6.10 Å². The number of carbonyl (C=O) groups is 2. The number of rotatable bonds is 5. The summed E-state index contributed by atoms with van der Waals surface area (Å²) in [6.07, 6.45) is 9.87. The molecule has 25 heavy (non-hydrogen) atoms. The molecule has 0 aliphatic heterocycles. The van der Waals surface area contributed by atoms with Gasteiger partial charge in [0.1, 0.15) is 0 Å². The first-order valence-electron chi connectivity index (χ1n) is 9.54. The van der Waals surface area contributed by atoms with Gasteiger partial charge in [0.25, 0.3) is 0 Å². The molecule has 3 nitrogen and oxygen atoms in total. The zero-order chi connectivity index (χ0) is 18.6. The summed E-state index contributed by atoms with van der Waals surface area (Å²) in [5.41, 5.74) is 4.79. The summed E-state index contributed by atoms with van der Waals surface area (Å²) in [7, 11) is 0. The summed E-state index contributed by atoms with van der Waals surface area (Å²) in [4.78, 5) is 24.1. The van der Waals surface area contributed by atoms with Crippen LogP contribution < -0.4 is 0 Å². The Hall–Kier alpha value is -1.64. The Morgan fingerprint density at radius 3 is 2.68 bits per heavy atom. The third-order valence-corrected chi connectivity index (χ3v) is 5.44. The van der Waals surface area contributed by atoms with Gasteiger partial charge in [-0.15, -0.1) is 0 Å². The number of ketones is 1. The van der Waals surface area contributed by atoms with Crippen LogP contribution in [0.15, 0.2) is 34.4 Å². The monoisotopic (exact) mass is 344 g/mol. The summed E-state index contributed by atoms with van der Waals surface area (Å²) in [6, 6.07) is 0. The summed E-state index contributed by atoms with van der Waals surface area (Å²) in [5.74, 6) is 0.406. The van der Waals surface area contributed by atoms with E-state index in [0.717, 1.165) is 49.7 Å². The van der Waals surface area contributed by atoms with Crippen molar-refractivity contribution in [2.24, 2.45) is 11.8 Å². The van der Waals surface area contributed by atoms with Crippen LogP contribution in [-0.2, 0) is 14.3 Å². The molecule has 0 fully saturated rings. The van der Waals surface area contributed by atoms with Crippen LogP contribution in [0.3, 0.4) is 0 Å². The molecule has 0 heterocycles. The number of Topliss-reactive ketones (excluding diaryl/α,β-unsaturated/α-hetero) is 1. The molecule has 0 spiro atoms. The fourth-order valence-electron chi connectivity index (χ4n) is 4.01. The van der Waals surface area contributed by atoms with Crippen molar-refractivity contribution in [1.82, 2.24) is 0 Å². The predicted octanol–water partition coefficient (Wildman–Crippen LogP) is 5.32. The molecule has 2 aliphatic carbocycles. The Morgan fingerprint density at radius 1 is 1.32 bits per heavy atom. The van der Waals surface area contributed by atoms with E-state index in [1.54, 1.807) is 0 Å². The average molecular weight is 344 g/mol. The van der Waals surface area contributed by atoms with Crippen LogP contribution in [0, 0.1) is 11.8 Å². The second-order valence-corrected chi connectivity index (χ2v) is 7.86. The molecule has 0 aromatic carbocycles. The molecule has 0 radical (unpaired) electrons. The van der Waals surface area contributed by atoms with Crippen LogP contribution >= 0.6 is 0 Å². The summed E-state index contributed by atoms with van der Waals surface area (Å²) in [5, 5.41) is 0. The van der Waals surface area contributed by atoms with E-state index in [-0.39, 0.29) is 17.7 Å². The van der Waals surface area contributed by atoms with Gasteiger partial charge in [-0.2, -0.15) is 0 Å². The predicted molar refractivity (Wildman–Crippen MR) is 101 cm³/mol. The molecule has 138 valence electrons. The third kappa shape index (κ3) is 4.93. The van der Waals surface area contributed by atoms with Gasteiger partial charge >= 0.3 is 5.97 Å². The first-order chi connectivity index (χ1) is 11.8. The first kappa shape index (κ1) is 19.7. The molecule has 0 N–H and O–H groups in total. The second-order valence-electron chi connectivity index (χ2n) is 7.86. The molecule has 0 amide bonds. The summed E-state index contributed by atoms with van der Waals surface area (Å²) < 4.78 is 5.30. The van der Waals surface area contributed by atoms with Crippen molar-refractivity contribution in [3.63, 3.8) is 0 Å². The van der Waals surface area contributed by atoms with Gasteiger partial charge in [-0.1, -0.05) is 30.2 Å². The van der Waals surface area contributed by atoms with Crippen molar-refractivity contribution in [2.75, 3.05) is 0 Å². The maximum atomic E-state index is 12.7. The number of hydrogen-bond donors (Lipinski definition) is 0. The van der Waals surface area contributed by atoms with E-state index in [1.165, 1.54) is 18.1 Å². The van der Waals surface area contributed by atoms with Crippen molar-refractivity contribution >= 4 is 11.8 Å². The Balaban J connectivity index is 2.23. The lowest BCUT2D eigenvalue weighted by molar-refractivity contribution is -0.152. The fourth-order valence-corrected chi connectivity index (χ4v) is 4.01. The van der Waals surface area contributed by atoms with Crippen LogP contribution in [0.1, 0.15) is 73.1 Å². The number of esters is 1. The molecular formula is C22H32O3. The maximum absolute atomic E-state index is 12.7. The Labute approximate surface area is 152 Å². The number of carbonyl (C=O) groups excluding carboxylic acids is 2. The largest absolute Gasteiger partial charge is 0.450 e. The Kier molecular flexibility index (Phi) is 6.80. The minimum atomic E-state index is -0.619. The van der Waals surface area contributed by atoms with Crippen molar-refractivity contribution in [3.05, 3.63) is 34.4 Å². The maximum Gasteiger partial charge on any atom is 0.303 e. The lowest BCUT2D eigenvalue weighted by atomic mass is 9.69. The molecule has 0 aromatic heterocycles. The van der Waals surface area contributed by atoms with E-state index >= 15 is 0 Å². The van der Waals surface area contributed by atoms with Crippen LogP contribution in [0.5, 0.6) is 0 Å². The smallest absolute Gasteiger partial charge is 0.303 e. The fraction of sp³-hybridized carbons (Fsp3) is 0.636. The molecule has 0 aromatic rings. The van der Waals surface area contributed by atoms with Gasteiger partial charge < -0.3 is 4.74 Å². The van der Waals surface area contributed by atoms with E-state index in [9.17, 15) is 9.59 Å². The van der Waals surface area contributed by atoms with Gasteiger partial charge in [0.2, 0.25) is 5.78 Å². The molecule has 0 saturated heterocycles. The van der Waals surface area contributed by atoms with Gasteiger partial charge in [0.15, 0.2) is 6.10 Å².